The molecule has 0 atom stereocenters. The summed E-state index contributed by atoms with van der Waals surface area (Å²) >= 11 is 0. The Morgan fingerprint density at radius 2 is 1.48 bits per heavy atom. The standard InChI is InChI=1S/C25H36N2O3S/c1-18-9-13-22(14-10-18)31(29,30)27(21-12-11-19(2)20(3)15-21)16-23(28)26-25(7,8)17-24(4,5)6/h9-15H,16-17H2,1-8H3,(H,26,28). The average Bonchev–Trinajstić information content (AvgIpc) is 2.60. The predicted molar refractivity (Wildman–Crippen MR) is 128 cm³/mol. The van der Waals surface area contributed by atoms with E-state index in [2.05, 4.69) is 26.1 Å². The second kappa shape index (κ2) is 9.03. The SMILES string of the molecule is Cc1ccc(S(=O)(=O)N(CC(=O)NC(C)(C)CC(C)(C)C)c2ccc(C)c(C)c2)cc1. The third kappa shape index (κ3) is 6.82. The van der Waals surface area contributed by atoms with E-state index >= 15 is 0 Å². The molecule has 0 saturated carbocycles. The van der Waals surface area contributed by atoms with E-state index in [9.17, 15) is 13.2 Å². The molecule has 0 radical (unpaired) electrons. The first kappa shape index (κ1) is 24.9. The van der Waals surface area contributed by atoms with Crippen molar-refractivity contribution in [2.24, 2.45) is 5.41 Å². The fraction of sp³-hybridized carbons (Fsp3) is 0.480. The van der Waals surface area contributed by atoms with Crippen LogP contribution in [0, 0.1) is 26.2 Å². The molecule has 5 nitrogen and oxygen atoms in total. The lowest BCUT2D eigenvalue weighted by Gasteiger charge is -2.34. The smallest absolute Gasteiger partial charge is 0.264 e. The second-order valence-corrected chi connectivity index (χ2v) is 12.1. The lowest BCUT2D eigenvalue weighted by atomic mass is 9.82. The molecule has 0 aromatic heterocycles. The molecule has 31 heavy (non-hydrogen) atoms. The minimum Gasteiger partial charge on any atom is -0.350 e. The summed E-state index contributed by atoms with van der Waals surface area (Å²) in [5.74, 6) is -0.330. The van der Waals surface area contributed by atoms with Crippen LogP contribution in [0.4, 0.5) is 5.69 Å². The molecular weight excluding hydrogens is 408 g/mol. The summed E-state index contributed by atoms with van der Waals surface area (Å²) in [6.45, 7) is 15.8. The van der Waals surface area contributed by atoms with Gasteiger partial charge in [0.1, 0.15) is 6.54 Å². The van der Waals surface area contributed by atoms with E-state index in [4.69, 9.17) is 0 Å². The number of benzene rings is 2. The molecular formula is C25H36N2O3S. The second-order valence-electron chi connectivity index (χ2n) is 10.3. The molecule has 0 aliphatic heterocycles. The van der Waals surface area contributed by atoms with Crippen LogP contribution >= 0.6 is 0 Å². The van der Waals surface area contributed by atoms with Crippen molar-refractivity contribution in [3.63, 3.8) is 0 Å². The van der Waals surface area contributed by atoms with E-state index in [1.165, 1.54) is 4.31 Å². The van der Waals surface area contributed by atoms with Crippen LogP contribution in [0.1, 0.15) is 57.7 Å². The quantitative estimate of drug-likeness (QED) is 0.643. The van der Waals surface area contributed by atoms with Gasteiger partial charge in [0, 0.05) is 5.54 Å². The largest absolute Gasteiger partial charge is 0.350 e. The van der Waals surface area contributed by atoms with Crippen LogP contribution in [-0.4, -0.2) is 26.4 Å². The molecule has 0 bridgehead atoms. The van der Waals surface area contributed by atoms with E-state index in [1.54, 1.807) is 30.3 Å². The maximum atomic E-state index is 13.5. The van der Waals surface area contributed by atoms with Crippen LogP contribution in [0.15, 0.2) is 47.4 Å². The number of nitrogens with one attached hydrogen (secondary N) is 1. The molecule has 6 heteroatoms. The zero-order valence-electron chi connectivity index (χ0n) is 20.0. The molecule has 0 saturated heterocycles. The Hall–Kier alpha value is -2.34. The zero-order chi connectivity index (χ0) is 23.6. The minimum atomic E-state index is -3.91. The van der Waals surface area contributed by atoms with E-state index in [1.807, 2.05) is 46.8 Å². The van der Waals surface area contributed by atoms with Crippen molar-refractivity contribution < 1.29 is 13.2 Å². The van der Waals surface area contributed by atoms with Gasteiger partial charge in [0.15, 0.2) is 0 Å². The molecule has 2 aromatic carbocycles. The molecule has 2 rings (SSSR count). The Balaban J connectivity index is 2.42. The number of carbonyl (C=O) groups excluding carboxylic acids is 1. The molecule has 1 amide bonds. The monoisotopic (exact) mass is 444 g/mol. The van der Waals surface area contributed by atoms with Gasteiger partial charge in [-0.1, -0.05) is 44.5 Å². The van der Waals surface area contributed by atoms with Crippen molar-refractivity contribution in [1.82, 2.24) is 5.32 Å². The maximum Gasteiger partial charge on any atom is 0.264 e. The van der Waals surface area contributed by atoms with Gasteiger partial charge >= 0.3 is 0 Å². The summed E-state index contributed by atoms with van der Waals surface area (Å²) in [5, 5.41) is 3.03. The number of hydrogen-bond acceptors (Lipinski definition) is 3. The molecule has 0 aliphatic carbocycles. The van der Waals surface area contributed by atoms with E-state index < -0.39 is 15.6 Å². The van der Waals surface area contributed by atoms with E-state index in [0.717, 1.165) is 23.1 Å². The Morgan fingerprint density at radius 3 is 2.00 bits per heavy atom. The minimum absolute atomic E-state index is 0.0263. The summed E-state index contributed by atoms with van der Waals surface area (Å²) < 4.78 is 28.2. The van der Waals surface area contributed by atoms with Crippen molar-refractivity contribution in [2.75, 3.05) is 10.8 Å². The number of hydrogen-bond donors (Lipinski definition) is 1. The highest BCUT2D eigenvalue weighted by molar-refractivity contribution is 7.92. The van der Waals surface area contributed by atoms with Crippen LogP contribution < -0.4 is 9.62 Å². The predicted octanol–water partition coefficient (Wildman–Crippen LogP) is 5.14. The van der Waals surface area contributed by atoms with Gasteiger partial charge in [0.25, 0.3) is 10.0 Å². The Kier molecular flexibility index (Phi) is 7.26. The summed E-state index contributed by atoms with van der Waals surface area (Å²) in [6, 6.07) is 12.1. The van der Waals surface area contributed by atoms with Gasteiger partial charge in [-0.15, -0.1) is 0 Å². The van der Waals surface area contributed by atoms with E-state index in [0.29, 0.717) is 5.69 Å². The normalized spacial score (nSPS) is 12.5. The van der Waals surface area contributed by atoms with Crippen LogP contribution in [0.2, 0.25) is 0 Å². The highest BCUT2D eigenvalue weighted by Crippen LogP contribution is 2.28. The summed E-state index contributed by atoms with van der Waals surface area (Å²) in [4.78, 5) is 13.2. The zero-order valence-corrected chi connectivity index (χ0v) is 20.9. The van der Waals surface area contributed by atoms with Crippen LogP contribution in [0.3, 0.4) is 0 Å². The van der Waals surface area contributed by atoms with Gasteiger partial charge < -0.3 is 5.32 Å². The average molecular weight is 445 g/mol. The third-order valence-corrected chi connectivity index (χ3v) is 6.91. The molecule has 0 aliphatic rings. The first-order valence-corrected chi connectivity index (χ1v) is 12.0. The Labute approximate surface area is 187 Å². The van der Waals surface area contributed by atoms with Crippen molar-refractivity contribution in [2.45, 2.75) is 72.2 Å². The third-order valence-electron chi connectivity index (χ3n) is 5.12. The molecule has 2 aromatic rings. The highest BCUT2D eigenvalue weighted by Gasteiger charge is 2.31. The number of nitrogens with zero attached hydrogens (tertiary/aromatic N) is 1. The number of anilines is 1. The molecule has 0 spiro atoms. The summed E-state index contributed by atoms with van der Waals surface area (Å²) in [6.07, 6.45) is 0.764. The van der Waals surface area contributed by atoms with Gasteiger partial charge in [-0.2, -0.15) is 0 Å². The first-order chi connectivity index (χ1) is 14.1. The van der Waals surface area contributed by atoms with Crippen molar-refractivity contribution >= 4 is 21.6 Å². The molecule has 0 heterocycles. The van der Waals surface area contributed by atoms with Gasteiger partial charge in [0.05, 0.1) is 10.6 Å². The Bertz CT molecular complexity index is 1030. The molecule has 1 N–H and O–H groups in total. The number of rotatable bonds is 7. The van der Waals surface area contributed by atoms with Crippen LogP contribution in [0.25, 0.3) is 0 Å². The topological polar surface area (TPSA) is 66.5 Å². The van der Waals surface area contributed by atoms with Gasteiger partial charge in [-0.3, -0.25) is 9.10 Å². The van der Waals surface area contributed by atoms with Crippen molar-refractivity contribution in [3.05, 3.63) is 59.2 Å². The van der Waals surface area contributed by atoms with Crippen molar-refractivity contribution in [3.8, 4) is 0 Å². The lowest BCUT2D eigenvalue weighted by molar-refractivity contribution is -0.121. The van der Waals surface area contributed by atoms with E-state index in [-0.39, 0.29) is 22.8 Å². The molecule has 0 fully saturated rings. The van der Waals surface area contributed by atoms with Gasteiger partial charge in [-0.25, -0.2) is 8.42 Å². The maximum absolute atomic E-state index is 13.5. The highest BCUT2D eigenvalue weighted by atomic mass is 32.2. The fourth-order valence-corrected chi connectivity index (χ4v) is 5.36. The van der Waals surface area contributed by atoms with Gasteiger partial charge in [0.2, 0.25) is 5.91 Å². The number of sulfonamides is 1. The fourth-order valence-electron chi connectivity index (χ4n) is 3.95. The van der Waals surface area contributed by atoms with Crippen molar-refractivity contribution in [1.29, 1.82) is 0 Å². The number of carbonyl (C=O) groups is 1. The lowest BCUT2D eigenvalue weighted by Crippen LogP contribution is -2.50. The molecule has 0 unspecified atom stereocenters. The van der Waals surface area contributed by atoms with Crippen LogP contribution in [-0.2, 0) is 14.8 Å². The molecule has 170 valence electrons. The Morgan fingerprint density at radius 1 is 0.903 bits per heavy atom. The van der Waals surface area contributed by atoms with Gasteiger partial charge in [-0.05, 0) is 81.8 Å². The number of aryl methyl sites for hydroxylation is 3. The summed E-state index contributed by atoms with van der Waals surface area (Å²) in [5.41, 5.74) is 3.05. The number of amides is 1. The summed E-state index contributed by atoms with van der Waals surface area (Å²) in [7, 11) is -3.91. The first-order valence-electron chi connectivity index (χ1n) is 10.6. The van der Waals surface area contributed by atoms with Crippen LogP contribution in [0.5, 0.6) is 0 Å².